The van der Waals surface area contributed by atoms with Crippen LogP contribution < -0.4 is 11.1 Å². The zero-order valence-electron chi connectivity index (χ0n) is 12.6. The van der Waals surface area contributed by atoms with Crippen LogP contribution in [0.25, 0.3) is 0 Å². The van der Waals surface area contributed by atoms with E-state index in [4.69, 9.17) is 5.73 Å². The predicted molar refractivity (Wildman–Crippen MR) is 83.0 cm³/mol. The van der Waals surface area contributed by atoms with Crippen LogP contribution in [0.1, 0.15) is 38.5 Å². The number of nitrogen functional groups attached to an aromatic ring is 1. The number of nitrogens with one attached hydrogen (secondary N) is 1. The molecule has 0 spiro atoms. The molecule has 2 rings (SSSR count). The summed E-state index contributed by atoms with van der Waals surface area (Å²) >= 11 is 0. The van der Waals surface area contributed by atoms with E-state index in [2.05, 4.69) is 15.4 Å². The molecule has 112 valence electrons. The number of nitrogens with two attached hydrogens (primary N) is 1. The third-order valence-corrected chi connectivity index (χ3v) is 3.28. The molecule has 21 heavy (non-hydrogen) atoms. The number of aryl methyl sites for hydroxylation is 2. The molecule has 0 fully saturated rings. The Morgan fingerprint density at radius 1 is 1.38 bits per heavy atom. The third kappa shape index (κ3) is 3.39. The number of carbonyl (C=O) groups excluding carboxylic acids is 1. The van der Waals surface area contributed by atoms with Crippen molar-refractivity contribution in [2.45, 2.75) is 39.7 Å². The summed E-state index contributed by atoms with van der Waals surface area (Å²) in [7, 11) is 0. The first-order chi connectivity index (χ1) is 10.0. The minimum Gasteiger partial charge on any atom is -0.399 e. The maximum absolute atomic E-state index is 12.3. The Bertz CT molecular complexity index is 635. The molecule has 1 aromatic carbocycles. The quantitative estimate of drug-likeness (QED) is 0.825. The summed E-state index contributed by atoms with van der Waals surface area (Å²) in [6, 6.07) is 6.69. The largest absolute Gasteiger partial charge is 0.399 e. The minimum atomic E-state index is -0.422. The van der Waals surface area contributed by atoms with E-state index >= 15 is 0 Å². The van der Waals surface area contributed by atoms with E-state index in [1.54, 1.807) is 28.9 Å². The lowest BCUT2D eigenvalue weighted by Crippen LogP contribution is -2.26. The van der Waals surface area contributed by atoms with E-state index in [-0.39, 0.29) is 5.91 Å². The van der Waals surface area contributed by atoms with Crippen LogP contribution in [0.15, 0.2) is 24.3 Å². The number of rotatable bonds is 5. The molecule has 3 N–H and O–H groups in total. The number of carbonyl (C=O) groups is 1. The van der Waals surface area contributed by atoms with Crippen LogP contribution in [-0.4, -0.2) is 20.7 Å². The molecule has 1 heterocycles. The molecule has 0 saturated carbocycles. The van der Waals surface area contributed by atoms with Crippen molar-refractivity contribution in [3.63, 3.8) is 0 Å². The molecule has 1 amide bonds. The molecule has 6 nitrogen and oxygen atoms in total. The van der Waals surface area contributed by atoms with Gasteiger partial charge in [-0.05, 0) is 25.1 Å². The lowest BCUT2D eigenvalue weighted by Gasteiger charge is -2.14. The van der Waals surface area contributed by atoms with Gasteiger partial charge in [0.2, 0.25) is 5.91 Å². The summed E-state index contributed by atoms with van der Waals surface area (Å²) in [5, 5.41) is 7.25. The van der Waals surface area contributed by atoms with Crippen molar-refractivity contribution in [1.82, 2.24) is 14.8 Å². The van der Waals surface area contributed by atoms with Crippen LogP contribution in [0.2, 0.25) is 0 Å². The van der Waals surface area contributed by atoms with E-state index in [9.17, 15) is 4.79 Å². The SMILES string of the molecule is CCc1nc(CC)n(C(C)C(=O)Nc2cccc(N)c2)n1. The molecule has 0 bridgehead atoms. The first-order valence-corrected chi connectivity index (χ1v) is 7.15. The zero-order chi connectivity index (χ0) is 15.4. The molecule has 1 aromatic heterocycles. The van der Waals surface area contributed by atoms with Gasteiger partial charge in [0, 0.05) is 24.2 Å². The highest BCUT2D eigenvalue weighted by molar-refractivity contribution is 5.93. The molecule has 0 radical (unpaired) electrons. The number of hydrogen-bond acceptors (Lipinski definition) is 4. The van der Waals surface area contributed by atoms with Crippen molar-refractivity contribution < 1.29 is 4.79 Å². The fourth-order valence-electron chi connectivity index (χ4n) is 2.08. The average molecular weight is 287 g/mol. The summed E-state index contributed by atoms with van der Waals surface area (Å²) in [5.74, 6) is 1.44. The molecule has 6 heteroatoms. The van der Waals surface area contributed by atoms with Crippen molar-refractivity contribution >= 4 is 17.3 Å². The minimum absolute atomic E-state index is 0.136. The van der Waals surface area contributed by atoms with Gasteiger partial charge in [0.15, 0.2) is 5.82 Å². The summed E-state index contributed by atoms with van der Waals surface area (Å²) in [5.41, 5.74) is 7.01. The number of aromatic nitrogens is 3. The van der Waals surface area contributed by atoms with Crippen LogP contribution in [0.4, 0.5) is 11.4 Å². The number of anilines is 2. The molecule has 2 aromatic rings. The third-order valence-electron chi connectivity index (χ3n) is 3.28. The normalized spacial score (nSPS) is 12.1. The maximum atomic E-state index is 12.3. The van der Waals surface area contributed by atoms with Crippen LogP contribution in [-0.2, 0) is 17.6 Å². The fraction of sp³-hybridized carbons (Fsp3) is 0.400. The van der Waals surface area contributed by atoms with Crippen molar-refractivity contribution in [2.24, 2.45) is 0 Å². The Labute approximate surface area is 124 Å². The molecular formula is C15H21N5O. The Morgan fingerprint density at radius 2 is 2.14 bits per heavy atom. The standard InChI is InChI=1S/C15H21N5O/c1-4-13-18-14(5-2)20(19-13)10(3)15(21)17-12-8-6-7-11(16)9-12/h6-10H,4-5,16H2,1-3H3,(H,17,21). The van der Waals surface area contributed by atoms with Gasteiger partial charge in [-0.2, -0.15) is 5.10 Å². The van der Waals surface area contributed by atoms with Gasteiger partial charge in [0.05, 0.1) is 0 Å². The van der Waals surface area contributed by atoms with Crippen molar-refractivity contribution in [2.75, 3.05) is 11.1 Å². The zero-order valence-corrected chi connectivity index (χ0v) is 12.6. The predicted octanol–water partition coefficient (Wildman–Crippen LogP) is 2.18. The summed E-state index contributed by atoms with van der Waals surface area (Å²) in [6.45, 7) is 5.81. The molecular weight excluding hydrogens is 266 g/mol. The van der Waals surface area contributed by atoms with Crippen LogP contribution in [0, 0.1) is 0 Å². The number of hydrogen-bond donors (Lipinski definition) is 2. The highest BCUT2D eigenvalue weighted by Gasteiger charge is 2.20. The average Bonchev–Trinajstić information content (AvgIpc) is 2.89. The van der Waals surface area contributed by atoms with E-state index < -0.39 is 6.04 Å². The highest BCUT2D eigenvalue weighted by atomic mass is 16.2. The number of nitrogens with zero attached hydrogens (tertiary/aromatic N) is 3. The first-order valence-electron chi connectivity index (χ1n) is 7.15. The van der Waals surface area contributed by atoms with Crippen LogP contribution in [0.5, 0.6) is 0 Å². The van der Waals surface area contributed by atoms with E-state index in [0.717, 1.165) is 24.5 Å². The number of benzene rings is 1. The molecule has 0 aliphatic carbocycles. The lowest BCUT2D eigenvalue weighted by molar-refractivity contribution is -0.119. The van der Waals surface area contributed by atoms with Crippen molar-refractivity contribution in [3.05, 3.63) is 35.9 Å². The fourth-order valence-corrected chi connectivity index (χ4v) is 2.08. The summed E-state index contributed by atoms with van der Waals surface area (Å²) in [6.07, 6.45) is 1.49. The topological polar surface area (TPSA) is 85.8 Å². The van der Waals surface area contributed by atoms with Gasteiger partial charge in [0.1, 0.15) is 11.9 Å². The molecule has 0 aliphatic heterocycles. The smallest absolute Gasteiger partial charge is 0.249 e. The van der Waals surface area contributed by atoms with Gasteiger partial charge in [-0.25, -0.2) is 9.67 Å². The monoisotopic (exact) mass is 287 g/mol. The van der Waals surface area contributed by atoms with Crippen molar-refractivity contribution in [1.29, 1.82) is 0 Å². The summed E-state index contributed by atoms with van der Waals surface area (Å²) < 4.78 is 1.69. The molecule has 0 aliphatic rings. The molecule has 1 atom stereocenters. The van der Waals surface area contributed by atoms with Crippen molar-refractivity contribution in [3.8, 4) is 0 Å². The van der Waals surface area contributed by atoms with Gasteiger partial charge in [0.25, 0.3) is 0 Å². The Balaban J connectivity index is 2.17. The van der Waals surface area contributed by atoms with Gasteiger partial charge >= 0.3 is 0 Å². The van der Waals surface area contributed by atoms with E-state index in [0.29, 0.717) is 11.4 Å². The van der Waals surface area contributed by atoms with Gasteiger partial charge < -0.3 is 11.1 Å². The Morgan fingerprint density at radius 3 is 2.76 bits per heavy atom. The number of amides is 1. The summed E-state index contributed by atoms with van der Waals surface area (Å²) in [4.78, 5) is 16.8. The maximum Gasteiger partial charge on any atom is 0.249 e. The van der Waals surface area contributed by atoms with Gasteiger partial charge in [-0.15, -0.1) is 0 Å². The second-order valence-electron chi connectivity index (χ2n) is 4.89. The van der Waals surface area contributed by atoms with Gasteiger partial charge in [-0.1, -0.05) is 19.9 Å². The Hall–Kier alpha value is -2.37. The second-order valence-corrected chi connectivity index (χ2v) is 4.89. The van der Waals surface area contributed by atoms with Crippen LogP contribution >= 0.6 is 0 Å². The lowest BCUT2D eigenvalue weighted by atomic mass is 10.2. The van der Waals surface area contributed by atoms with E-state index in [1.165, 1.54) is 0 Å². The molecule has 1 unspecified atom stereocenters. The highest BCUT2D eigenvalue weighted by Crippen LogP contribution is 2.16. The molecule has 0 saturated heterocycles. The Kier molecular flexibility index (Phi) is 4.57. The van der Waals surface area contributed by atoms with Crippen LogP contribution in [0.3, 0.4) is 0 Å². The first kappa shape index (κ1) is 15.0. The second kappa shape index (κ2) is 6.39. The van der Waals surface area contributed by atoms with E-state index in [1.807, 2.05) is 20.8 Å². The van der Waals surface area contributed by atoms with Gasteiger partial charge in [-0.3, -0.25) is 4.79 Å².